The maximum Gasteiger partial charge on any atom is 0.109 e. The van der Waals surface area contributed by atoms with Gasteiger partial charge in [-0.3, -0.25) is 4.90 Å². The minimum absolute atomic E-state index is 0.118. The summed E-state index contributed by atoms with van der Waals surface area (Å²) in [4.78, 5) is 1.66. The normalized spacial score (nSPS) is 44.8. The molecule has 0 aliphatic carbocycles. The van der Waals surface area contributed by atoms with Crippen LogP contribution in [-0.2, 0) is 0 Å². The Morgan fingerprint density at radius 2 is 1.85 bits per heavy atom. The Bertz CT molecular complexity index is 484. The smallest absolute Gasteiger partial charge is 0.109 e. The monoisotopic (exact) mass is 281 g/mol. The molecule has 2 aliphatic rings. The van der Waals surface area contributed by atoms with E-state index in [1.165, 1.54) is 0 Å². The quantitative estimate of drug-likeness (QED) is 0.420. The van der Waals surface area contributed by atoms with E-state index in [4.69, 9.17) is 0 Å². The van der Waals surface area contributed by atoms with Crippen molar-refractivity contribution < 1.29 is 25.5 Å². The molecule has 0 bridgehead atoms. The molecule has 0 radical (unpaired) electrons. The summed E-state index contributed by atoms with van der Waals surface area (Å²) in [6.45, 7) is -0.264. The molecule has 1 aromatic carbocycles. The molecule has 0 amide bonds. The fourth-order valence-electron chi connectivity index (χ4n) is 3.43. The lowest BCUT2D eigenvalue weighted by Crippen LogP contribution is -2.57. The largest absolute Gasteiger partial charge is 0.394 e. The molecule has 6 heteroatoms. The first-order valence-corrected chi connectivity index (χ1v) is 6.69. The van der Waals surface area contributed by atoms with Crippen LogP contribution in [0.25, 0.3) is 0 Å². The average molecular weight is 281 g/mol. The number of aliphatic hydroxyl groups excluding tert-OH is 5. The molecule has 0 spiro atoms. The second kappa shape index (κ2) is 4.77. The van der Waals surface area contributed by atoms with Crippen molar-refractivity contribution in [1.29, 1.82) is 0 Å². The van der Waals surface area contributed by atoms with Crippen LogP contribution in [-0.4, -0.2) is 73.5 Å². The Morgan fingerprint density at radius 3 is 2.45 bits per heavy atom. The van der Waals surface area contributed by atoms with Crippen LogP contribution in [0.1, 0.15) is 11.7 Å². The number of hydrogen-bond donors (Lipinski definition) is 5. The zero-order valence-electron chi connectivity index (χ0n) is 10.9. The van der Waals surface area contributed by atoms with Gasteiger partial charge in [-0.25, -0.2) is 0 Å². The topological polar surface area (TPSA) is 104 Å². The predicted molar refractivity (Wildman–Crippen MR) is 69.7 cm³/mol. The molecule has 5 N–H and O–H groups in total. The van der Waals surface area contributed by atoms with Gasteiger partial charge in [0, 0.05) is 6.54 Å². The van der Waals surface area contributed by atoms with Gasteiger partial charge in [-0.1, -0.05) is 30.3 Å². The SMILES string of the molecule is OC[C@]12[C@@H](O)[C@H](O)[C@@H](O)CN1[C@@H]2[C@H](O)c1ccccc1. The van der Waals surface area contributed by atoms with E-state index in [2.05, 4.69) is 0 Å². The molecule has 2 heterocycles. The van der Waals surface area contributed by atoms with E-state index in [9.17, 15) is 25.5 Å². The van der Waals surface area contributed by atoms with E-state index in [1.54, 1.807) is 29.2 Å². The van der Waals surface area contributed by atoms with Crippen molar-refractivity contribution in [3.05, 3.63) is 35.9 Å². The van der Waals surface area contributed by atoms with E-state index in [0.717, 1.165) is 0 Å². The van der Waals surface area contributed by atoms with Crippen molar-refractivity contribution in [2.24, 2.45) is 0 Å². The molecular formula is C14H19NO5. The second-order valence-electron chi connectivity index (χ2n) is 5.60. The number of fused-ring (bicyclic) bond motifs is 1. The maximum absolute atomic E-state index is 10.5. The maximum atomic E-state index is 10.5. The van der Waals surface area contributed by atoms with Crippen LogP contribution in [0.15, 0.2) is 30.3 Å². The standard InChI is InChI=1S/C14H19NO5/c16-7-14-12(10(18)8-4-2-1-3-5-8)15(14)6-9(17)11(19)13(14)20/h1-5,9-13,16-20H,6-7H2/t9-,10+,11+,12+,13-,14-,15?/m0/s1. The molecule has 3 rings (SSSR count). The summed E-state index contributed by atoms with van der Waals surface area (Å²) in [6.07, 6.45) is -4.58. The lowest BCUT2D eigenvalue weighted by molar-refractivity contribution is -0.115. The molecule has 0 aromatic heterocycles. The van der Waals surface area contributed by atoms with Gasteiger partial charge in [-0.05, 0) is 5.56 Å². The number of piperidine rings is 1. The summed E-state index contributed by atoms with van der Waals surface area (Å²) < 4.78 is 0. The number of hydrogen-bond acceptors (Lipinski definition) is 6. The molecule has 1 unspecified atom stereocenters. The Morgan fingerprint density at radius 1 is 1.20 bits per heavy atom. The highest BCUT2D eigenvalue weighted by atomic mass is 16.4. The third kappa shape index (κ3) is 1.74. The van der Waals surface area contributed by atoms with Crippen LogP contribution >= 0.6 is 0 Å². The summed E-state index contributed by atoms with van der Waals surface area (Å²) in [5.41, 5.74) is -0.399. The van der Waals surface area contributed by atoms with E-state index < -0.39 is 36.0 Å². The number of aliphatic hydroxyl groups is 5. The highest BCUT2D eigenvalue weighted by molar-refractivity contribution is 5.32. The van der Waals surface area contributed by atoms with Gasteiger partial charge in [0.25, 0.3) is 0 Å². The zero-order chi connectivity index (χ0) is 14.5. The van der Waals surface area contributed by atoms with Crippen molar-refractivity contribution in [2.75, 3.05) is 13.2 Å². The molecule has 7 atom stereocenters. The fourth-order valence-corrected chi connectivity index (χ4v) is 3.43. The summed E-state index contributed by atoms with van der Waals surface area (Å²) in [6, 6.07) is 8.44. The Kier molecular flexibility index (Phi) is 3.32. The van der Waals surface area contributed by atoms with Gasteiger partial charge >= 0.3 is 0 Å². The van der Waals surface area contributed by atoms with Crippen molar-refractivity contribution in [3.63, 3.8) is 0 Å². The number of benzene rings is 1. The molecule has 6 nitrogen and oxygen atoms in total. The molecule has 1 aromatic rings. The number of β-amino-alcohol motifs (C(OH)–C–C–N with tert-alkyl or cyclic N) is 1. The Balaban J connectivity index is 1.89. The van der Waals surface area contributed by atoms with Crippen LogP contribution in [0.2, 0.25) is 0 Å². The van der Waals surface area contributed by atoms with Gasteiger partial charge in [0.1, 0.15) is 12.2 Å². The van der Waals surface area contributed by atoms with Gasteiger partial charge < -0.3 is 25.5 Å². The highest BCUT2D eigenvalue weighted by Gasteiger charge is 2.73. The first-order valence-electron chi connectivity index (χ1n) is 6.69. The summed E-state index contributed by atoms with van der Waals surface area (Å²) >= 11 is 0. The van der Waals surface area contributed by atoms with Crippen molar-refractivity contribution in [3.8, 4) is 0 Å². The Labute approximate surface area is 116 Å². The van der Waals surface area contributed by atoms with E-state index in [1.807, 2.05) is 6.07 Å². The number of rotatable bonds is 3. The summed E-state index contributed by atoms with van der Waals surface area (Å²) in [7, 11) is 0. The molecule has 20 heavy (non-hydrogen) atoms. The second-order valence-corrected chi connectivity index (χ2v) is 5.60. The van der Waals surface area contributed by atoms with Crippen LogP contribution in [0, 0.1) is 0 Å². The molecule has 2 aliphatic heterocycles. The van der Waals surface area contributed by atoms with Crippen molar-refractivity contribution in [1.82, 2.24) is 4.90 Å². The molecule has 110 valence electrons. The average Bonchev–Trinajstić information content (AvgIpc) is 3.14. The van der Waals surface area contributed by atoms with E-state index >= 15 is 0 Å². The lowest BCUT2D eigenvalue weighted by atomic mass is 9.87. The number of nitrogens with zero attached hydrogens (tertiary/aromatic N) is 1. The van der Waals surface area contributed by atoms with Gasteiger partial charge in [0.15, 0.2) is 0 Å². The lowest BCUT2D eigenvalue weighted by Gasteiger charge is -2.34. The zero-order valence-corrected chi connectivity index (χ0v) is 10.9. The predicted octanol–water partition coefficient (Wildman–Crippen LogP) is -1.77. The third-order valence-corrected chi connectivity index (χ3v) is 4.62. The summed E-state index contributed by atoms with van der Waals surface area (Å²) in [5.74, 6) is 0. The minimum atomic E-state index is -1.31. The van der Waals surface area contributed by atoms with Crippen LogP contribution < -0.4 is 0 Å². The van der Waals surface area contributed by atoms with Gasteiger partial charge in [-0.15, -0.1) is 0 Å². The molecule has 2 saturated heterocycles. The molecule has 2 fully saturated rings. The third-order valence-electron chi connectivity index (χ3n) is 4.62. The molecular weight excluding hydrogens is 262 g/mol. The summed E-state index contributed by atoms with van der Waals surface area (Å²) in [5, 5.41) is 49.7. The van der Waals surface area contributed by atoms with Gasteiger partial charge in [-0.2, -0.15) is 0 Å². The fraction of sp³-hybridized carbons (Fsp3) is 0.571. The van der Waals surface area contributed by atoms with Crippen LogP contribution in [0.3, 0.4) is 0 Å². The highest BCUT2D eigenvalue weighted by Crippen LogP contribution is 2.53. The van der Waals surface area contributed by atoms with Crippen LogP contribution in [0.4, 0.5) is 0 Å². The first-order chi connectivity index (χ1) is 9.54. The van der Waals surface area contributed by atoms with E-state index in [-0.39, 0.29) is 13.2 Å². The van der Waals surface area contributed by atoms with E-state index in [0.29, 0.717) is 5.56 Å². The Hall–Kier alpha value is -1.02. The van der Waals surface area contributed by atoms with Crippen molar-refractivity contribution in [2.45, 2.75) is 36.0 Å². The van der Waals surface area contributed by atoms with Crippen molar-refractivity contribution >= 4 is 0 Å². The van der Waals surface area contributed by atoms with Crippen LogP contribution in [0.5, 0.6) is 0 Å². The minimum Gasteiger partial charge on any atom is -0.394 e. The molecule has 0 saturated carbocycles. The first kappa shape index (κ1) is 13.9. The van der Waals surface area contributed by atoms with Gasteiger partial charge in [0.05, 0.1) is 30.4 Å². The van der Waals surface area contributed by atoms with Gasteiger partial charge in [0.2, 0.25) is 0 Å².